The maximum absolute atomic E-state index is 6.26. The molecule has 33 heavy (non-hydrogen) atoms. The number of morpholine rings is 1. The lowest BCUT2D eigenvalue weighted by Crippen LogP contribution is -2.36. The van der Waals surface area contributed by atoms with E-state index in [9.17, 15) is 0 Å². The van der Waals surface area contributed by atoms with Crippen LogP contribution >= 0.6 is 39.1 Å². The van der Waals surface area contributed by atoms with Crippen LogP contribution in [0, 0.1) is 0 Å². The van der Waals surface area contributed by atoms with Crippen LogP contribution in [-0.2, 0) is 17.9 Å². The smallest absolute Gasteiger partial charge is 0.162 e. The molecule has 174 valence electrons. The van der Waals surface area contributed by atoms with Crippen molar-refractivity contribution in [3.63, 3.8) is 0 Å². The van der Waals surface area contributed by atoms with Gasteiger partial charge in [-0.15, -0.1) is 0 Å². The topological polar surface area (TPSA) is 43.0 Å². The van der Waals surface area contributed by atoms with E-state index in [1.165, 1.54) is 5.69 Å². The highest BCUT2D eigenvalue weighted by atomic mass is 79.9. The van der Waals surface area contributed by atoms with Gasteiger partial charge in [-0.2, -0.15) is 0 Å². The van der Waals surface area contributed by atoms with Crippen LogP contribution in [0.15, 0.2) is 59.1 Å². The van der Waals surface area contributed by atoms with Crippen molar-refractivity contribution in [3.05, 3.63) is 80.2 Å². The van der Waals surface area contributed by atoms with E-state index in [1.54, 1.807) is 19.2 Å². The summed E-state index contributed by atoms with van der Waals surface area (Å²) < 4.78 is 17.9. The van der Waals surface area contributed by atoms with Crippen molar-refractivity contribution in [1.82, 2.24) is 0 Å². The molecule has 0 saturated carbocycles. The van der Waals surface area contributed by atoms with E-state index in [-0.39, 0.29) is 6.61 Å². The molecule has 1 aliphatic rings. The number of nitrogens with zero attached hydrogens (tertiary/aromatic N) is 1. The fraction of sp³-hybridized carbons (Fsp3) is 0.280. The van der Waals surface area contributed by atoms with Gasteiger partial charge in [0.15, 0.2) is 11.5 Å². The van der Waals surface area contributed by atoms with Crippen molar-refractivity contribution in [2.75, 3.05) is 43.6 Å². The Balaban J connectivity index is 1.41. The monoisotopic (exact) mass is 550 g/mol. The van der Waals surface area contributed by atoms with Gasteiger partial charge in [0.1, 0.15) is 6.61 Å². The van der Waals surface area contributed by atoms with Crippen LogP contribution in [0.2, 0.25) is 10.0 Å². The summed E-state index contributed by atoms with van der Waals surface area (Å²) in [6.07, 6.45) is 0. The number of ether oxygens (including phenoxy) is 3. The molecule has 0 unspecified atom stereocenters. The lowest BCUT2D eigenvalue weighted by Gasteiger charge is -2.29. The van der Waals surface area contributed by atoms with Gasteiger partial charge in [-0.3, -0.25) is 0 Å². The van der Waals surface area contributed by atoms with E-state index in [1.807, 2.05) is 18.2 Å². The second-order valence-corrected chi connectivity index (χ2v) is 9.25. The molecule has 0 atom stereocenters. The molecule has 1 N–H and O–H groups in total. The first-order valence-electron chi connectivity index (χ1n) is 10.6. The van der Waals surface area contributed by atoms with Gasteiger partial charge in [0.25, 0.3) is 0 Å². The Morgan fingerprint density at radius 3 is 2.36 bits per heavy atom. The van der Waals surface area contributed by atoms with E-state index in [4.69, 9.17) is 37.4 Å². The highest BCUT2D eigenvalue weighted by Gasteiger charge is 2.14. The van der Waals surface area contributed by atoms with Crippen LogP contribution in [0.4, 0.5) is 11.4 Å². The third kappa shape index (κ3) is 6.07. The van der Waals surface area contributed by atoms with E-state index in [0.29, 0.717) is 28.1 Å². The van der Waals surface area contributed by atoms with E-state index < -0.39 is 0 Å². The Bertz CT molecular complexity index is 1070. The van der Waals surface area contributed by atoms with Gasteiger partial charge in [-0.05, 0) is 54.1 Å². The van der Waals surface area contributed by atoms with Crippen LogP contribution in [0.1, 0.15) is 11.1 Å². The van der Waals surface area contributed by atoms with Gasteiger partial charge in [0, 0.05) is 51.1 Å². The molecule has 8 heteroatoms. The second-order valence-electron chi connectivity index (χ2n) is 7.58. The Kier molecular flexibility index (Phi) is 8.25. The van der Waals surface area contributed by atoms with Crippen molar-refractivity contribution in [1.29, 1.82) is 0 Å². The quantitative estimate of drug-likeness (QED) is 0.334. The Morgan fingerprint density at radius 1 is 1.00 bits per heavy atom. The first-order chi connectivity index (χ1) is 16.0. The second kappa shape index (κ2) is 11.3. The first kappa shape index (κ1) is 24.0. The van der Waals surface area contributed by atoms with Gasteiger partial charge in [-0.1, -0.05) is 45.2 Å². The minimum absolute atomic E-state index is 0.244. The van der Waals surface area contributed by atoms with Crippen molar-refractivity contribution >= 4 is 50.5 Å². The Morgan fingerprint density at radius 2 is 1.70 bits per heavy atom. The summed E-state index contributed by atoms with van der Waals surface area (Å²) >= 11 is 16.2. The van der Waals surface area contributed by atoms with Crippen molar-refractivity contribution in [2.45, 2.75) is 13.2 Å². The minimum atomic E-state index is 0.244. The molecule has 0 spiro atoms. The summed E-state index contributed by atoms with van der Waals surface area (Å²) in [6.45, 7) is 4.29. The summed E-state index contributed by atoms with van der Waals surface area (Å²) in [4.78, 5) is 2.34. The zero-order valence-corrected chi connectivity index (χ0v) is 21.3. The average molecular weight is 552 g/mol. The number of hydrogen-bond donors (Lipinski definition) is 1. The Hall–Kier alpha value is -2.12. The molecule has 5 nitrogen and oxygen atoms in total. The molecule has 4 rings (SSSR count). The molecule has 1 heterocycles. The van der Waals surface area contributed by atoms with E-state index in [2.05, 4.69) is 50.4 Å². The maximum atomic E-state index is 6.26. The molecule has 0 aromatic heterocycles. The standard InChI is InChI=1S/C25H25BrCl2N2O3/c1-31-24-13-17(15-29-18-5-7-19(8-6-18)30-9-11-32-12-10-30)21(26)14-25(24)33-16-20-22(27)3-2-4-23(20)28/h2-8,13-14,29H,9-12,15-16H2,1H3. The highest BCUT2D eigenvalue weighted by molar-refractivity contribution is 9.10. The molecular weight excluding hydrogens is 527 g/mol. The number of anilines is 2. The highest BCUT2D eigenvalue weighted by Crippen LogP contribution is 2.35. The predicted molar refractivity (Wildman–Crippen MR) is 138 cm³/mol. The van der Waals surface area contributed by atoms with Gasteiger partial charge >= 0.3 is 0 Å². The molecular formula is C25H25BrCl2N2O3. The minimum Gasteiger partial charge on any atom is -0.493 e. The fourth-order valence-electron chi connectivity index (χ4n) is 3.61. The van der Waals surface area contributed by atoms with Gasteiger partial charge in [-0.25, -0.2) is 0 Å². The number of hydrogen-bond acceptors (Lipinski definition) is 5. The zero-order chi connectivity index (χ0) is 23.2. The number of rotatable bonds is 8. The van der Waals surface area contributed by atoms with Gasteiger partial charge in [0.05, 0.1) is 20.3 Å². The van der Waals surface area contributed by atoms with Crippen LogP contribution in [0.5, 0.6) is 11.5 Å². The van der Waals surface area contributed by atoms with Gasteiger partial charge < -0.3 is 24.4 Å². The third-order valence-corrected chi connectivity index (χ3v) is 6.94. The lowest BCUT2D eigenvalue weighted by atomic mass is 10.2. The summed E-state index contributed by atoms with van der Waals surface area (Å²) in [6, 6.07) is 17.7. The molecule has 1 saturated heterocycles. The molecule has 1 fully saturated rings. The normalized spacial score (nSPS) is 13.6. The van der Waals surface area contributed by atoms with Crippen LogP contribution in [0.25, 0.3) is 0 Å². The SMILES string of the molecule is COc1cc(CNc2ccc(N3CCOCC3)cc2)c(Br)cc1OCc1c(Cl)cccc1Cl. The number of methoxy groups -OCH3 is 1. The molecule has 0 aliphatic carbocycles. The molecule has 0 bridgehead atoms. The number of benzene rings is 3. The maximum Gasteiger partial charge on any atom is 0.162 e. The van der Waals surface area contributed by atoms with Crippen molar-refractivity contribution in [3.8, 4) is 11.5 Å². The van der Waals surface area contributed by atoms with Crippen molar-refractivity contribution in [2.24, 2.45) is 0 Å². The van der Waals surface area contributed by atoms with Crippen LogP contribution in [-0.4, -0.2) is 33.4 Å². The molecule has 3 aromatic rings. The lowest BCUT2D eigenvalue weighted by molar-refractivity contribution is 0.122. The third-order valence-electron chi connectivity index (χ3n) is 5.49. The van der Waals surface area contributed by atoms with E-state index >= 15 is 0 Å². The predicted octanol–water partition coefficient (Wildman–Crippen LogP) is 6.79. The number of nitrogens with one attached hydrogen (secondary N) is 1. The largest absolute Gasteiger partial charge is 0.493 e. The van der Waals surface area contributed by atoms with Gasteiger partial charge in [0.2, 0.25) is 0 Å². The number of halogens is 3. The average Bonchev–Trinajstić information content (AvgIpc) is 2.84. The fourth-order valence-corrected chi connectivity index (χ4v) is 4.58. The Labute approximate surface area is 212 Å². The summed E-state index contributed by atoms with van der Waals surface area (Å²) in [5, 5.41) is 4.61. The summed E-state index contributed by atoms with van der Waals surface area (Å²) in [7, 11) is 1.63. The van der Waals surface area contributed by atoms with E-state index in [0.717, 1.165) is 47.6 Å². The zero-order valence-electron chi connectivity index (χ0n) is 18.2. The van der Waals surface area contributed by atoms with Crippen LogP contribution < -0.4 is 19.7 Å². The summed E-state index contributed by atoms with van der Waals surface area (Å²) in [5.74, 6) is 1.25. The molecule has 3 aromatic carbocycles. The van der Waals surface area contributed by atoms with Crippen LogP contribution in [0.3, 0.4) is 0 Å². The van der Waals surface area contributed by atoms with Crippen molar-refractivity contribution < 1.29 is 14.2 Å². The first-order valence-corrected chi connectivity index (χ1v) is 12.2. The summed E-state index contributed by atoms with van der Waals surface area (Å²) in [5.41, 5.74) is 4.05. The molecule has 0 radical (unpaired) electrons. The molecule has 1 aliphatic heterocycles. The molecule has 0 amide bonds.